The molecule has 0 fully saturated rings. The molecule has 0 aliphatic rings. The lowest BCUT2D eigenvalue weighted by Crippen LogP contribution is -2.11. The van der Waals surface area contributed by atoms with Crippen molar-refractivity contribution < 1.29 is 14.3 Å². The zero-order chi connectivity index (χ0) is 9.11. The van der Waals surface area contributed by atoms with Crippen molar-refractivity contribution in [2.45, 2.75) is 13.8 Å². The molecule has 0 radical (unpaired) electrons. The largest absolute Gasteiger partial charge is 0.464 e. The van der Waals surface area contributed by atoms with Crippen LogP contribution in [0, 0.1) is 11.8 Å². The van der Waals surface area contributed by atoms with Gasteiger partial charge >= 0.3 is 5.97 Å². The summed E-state index contributed by atoms with van der Waals surface area (Å²) in [6.45, 7) is 8.15. The molecular weight excluding hydrogens is 146 g/mol. The molecule has 0 unspecified atom stereocenters. The van der Waals surface area contributed by atoms with Crippen LogP contribution in [0.25, 0.3) is 0 Å². The number of carbonyl (C=O) groups is 1. The van der Waals surface area contributed by atoms with Crippen LogP contribution in [-0.2, 0) is 14.3 Å². The van der Waals surface area contributed by atoms with Gasteiger partial charge in [0.05, 0.1) is 6.61 Å². The Morgan fingerprint density at radius 3 is 2.27 bits per heavy atom. The van der Waals surface area contributed by atoms with Gasteiger partial charge in [0.2, 0.25) is 0 Å². The van der Waals surface area contributed by atoms with Gasteiger partial charge in [0, 0.05) is 13.2 Å². The molecule has 0 aliphatic carbocycles. The van der Waals surface area contributed by atoms with E-state index in [4.69, 9.17) is 10.00 Å². The van der Waals surface area contributed by atoms with Crippen molar-refractivity contribution in [3.05, 3.63) is 0 Å². The van der Waals surface area contributed by atoms with Crippen molar-refractivity contribution in [3.63, 3.8) is 0 Å². The summed E-state index contributed by atoms with van der Waals surface area (Å²) in [6, 6.07) is 0. The Balaban J connectivity index is 0. The minimum absolute atomic E-state index is 0.0737. The number of ether oxygens (including phenoxy) is 2. The summed E-state index contributed by atoms with van der Waals surface area (Å²) in [4.78, 5) is 10.5. The summed E-state index contributed by atoms with van der Waals surface area (Å²) in [5.74, 6) is -0.292. The van der Waals surface area contributed by atoms with Crippen molar-refractivity contribution >= 4 is 5.97 Å². The summed E-state index contributed by atoms with van der Waals surface area (Å²) in [5, 5.41) is 6.50. The van der Waals surface area contributed by atoms with Crippen LogP contribution < -0.4 is 0 Å². The van der Waals surface area contributed by atoms with E-state index in [2.05, 4.69) is 11.3 Å². The fourth-order valence-electron chi connectivity index (χ4n) is 0.388. The fraction of sp³-hybridized carbons (Fsp3) is 0.714. The van der Waals surface area contributed by atoms with Crippen LogP contribution in [0.15, 0.2) is 0 Å². The van der Waals surface area contributed by atoms with E-state index in [0.29, 0.717) is 13.2 Å². The predicted molar refractivity (Wildman–Crippen MR) is 39.8 cm³/mol. The standard InChI is InChI=1S/C6H12O3.CHN/c1-3-8-5-6(7)9-4-2;1-2/h3-5H2,1-2H3;1H. The van der Waals surface area contributed by atoms with E-state index < -0.39 is 0 Å². The molecule has 4 nitrogen and oxygen atoms in total. The molecule has 4 heteroatoms. The smallest absolute Gasteiger partial charge is 0.332 e. The summed E-state index contributed by atoms with van der Waals surface area (Å²) in [7, 11) is 0. The second-order valence-corrected chi connectivity index (χ2v) is 1.44. The van der Waals surface area contributed by atoms with Crippen molar-refractivity contribution in [2.75, 3.05) is 19.8 Å². The molecule has 0 aromatic carbocycles. The number of rotatable bonds is 4. The Hall–Kier alpha value is -1.08. The SMILES string of the molecule is C#N.CCOCC(=O)OCC. The third-order valence-corrected chi connectivity index (χ3v) is 0.729. The number of hydrogen-bond acceptors (Lipinski definition) is 4. The number of hydrogen-bond donors (Lipinski definition) is 0. The summed E-state index contributed by atoms with van der Waals surface area (Å²) >= 11 is 0. The Morgan fingerprint density at radius 1 is 1.36 bits per heavy atom. The van der Waals surface area contributed by atoms with Gasteiger partial charge in [-0.15, -0.1) is 0 Å². The topological polar surface area (TPSA) is 59.3 Å². The summed E-state index contributed by atoms with van der Waals surface area (Å²) in [5.41, 5.74) is 0. The highest BCUT2D eigenvalue weighted by atomic mass is 16.6. The van der Waals surface area contributed by atoms with Gasteiger partial charge in [-0.3, -0.25) is 0 Å². The lowest BCUT2D eigenvalue weighted by atomic mass is 10.7. The number of esters is 1. The van der Waals surface area contributed by atoms with Crippen LogP contribution in [0.4, 0.5) is 0 Å². The molecule has 0 saturated carbocycles. The summed E-state index contributed by atoms with van der Waals surface area (Å²) in [6.07, 6.45) is 0. The third-order valence-electron chi connectivity index (χ3n) is 0.729. The maximum Gasteiger partial charge on any atom is 0.332 e. The van der Waals surface area contributed by atoms with E-state index in [0.717, 1.165) is 0 Å². The minimum atomic E-state index is -0.292. The third kappa shape index (κ3) is 12.2. The quantitative estimate of drug-likeness (QED) is 0.567. The Morgan fingerprint density at radius 2 is 1.91 bits per heavy atom. The zero-order valence-electron chi connectivity index (χ0n) is 6.87. The first-order valence-electron chi connectivity index (χ1n) is 3.30. The molecule has 0 heterocycles. The average Bonchev–Trinajstić information content (AvgIpc) is 2.05. The molecule has 11 heavy (non-hydrogen) atoms. The van der Waals surface area contributed by atoms with Gasteiger partial charge in [0.15, 0.2) is 0 Å². The van der Waals surface area contributed by atoms with Gasteiger partial charge in [0.1, 0.15) is 6.61 Å². The molecular formula is C7H13NO3. The maximum atomic E-state index is 10.5. The Labute approximate surface area is 66.7 Å². The molecule has 0 atom stereocenters. The second-order valence-electron chi connectivity index (χ2n) is 1.44. The van der Waals surface area contributed by atoms with Crippen LogP contribution in [0.3, 0.4) is 0 Å². The van der Waals surface area contributed by atoms with Crippen LogP contribution in [0.2, 0.25) is 0 Å². The van der Waals surface area contributed by atoms with Crippen LogP contribution in [0.5, 0.6) is 0 Å². The average molecular weight is 159 g/mol. The molecule has 0 rings (SSSR count). The molecule has 0 aromatic heterocycles. The van der Waals surface area contributed by atoms with Gasteiger partial charge < -0.3 is 9.47 Å². The van der Waals surface area contributed by atoms with Gasteiger partial charge in [-0.1, -0.05) is 0 Å². The van der Waals surface area contributed by atoms with Gasteiger partial charge in [-0.25, -0.2) is 10.1 Å². The predicted octanol–water partition coefficient (Wildman–Crippen LogP) is 0.726. The van der Waals surface area contributed by atoms with E-state index in [1.807, 2.05) is 6.92 Å². The first-order valence-corrected chi connectivity index (χ1v) is 3.30. The number of nitrogens with zero attached hydrogens (tertiary/aromatic N) is 1. The normalized spacial score (nSPS) is 7.64. The highest BCUT2D eigenvalue weighted by Crippen LogP contribution is 1.79. The second kappa shape index (κ2) is 11.7. The molecule has 0 saturated heterocycles. The van der Waals surface area contributed by atoms with E-state index in [9.17, 15) is 4.79 Å². The highest BCUT2D eigenvalue weighted by molar-refractivity contribution is 5.70. The zero-order valence-corrected chi connectivity index (χ0v) is 6.87. The van der Waals surface area contributed by atoms with Crippen molar-refractivity contribution in [3.8, 4) is 6.57 Å². The number of carbonyl (C=O) groups excluding carboxylic acids is 1. The van der Waals surface area contributed by atoms with Crippen LogP contribution >= 0.6 is 0 Å². The van der Waals surface area contributed by atoms with Crippen molar-refractivity contribution in [1.82, 2.24) is 0 Å². The maximum absolute atomic E-state index is 10.5. The molecule has 0 aromatic rings. The van der Waals surface area contributed by atoms with E-state index >= 15 is 0 Å². The Kier molecular flexibility index (Phi) is 13.4. The monoisotopic (exact) mass is 159 g/mol. The number of nitriles is 1. The van der Waals surface area contributed by atoms with E-state index in [1.165, 1.54) is 0 Å². The Bertz CT molecular complexity index is 111. The fourth-order valence-corrected chi connectivity index (χ4v) is 0.388. The van der Waals surface area contributed by atoms with Crippen LogP contribution in [-0.4, -0.2) is 25.8 Å². The van der Waals surface area contributed by atoms with Crippen molar-refractivity contribution in [2.24, 2.45) is 0 Å². The van der Waals surface area contributed by atoms with Gasteiger partial charge in [-0.05, 0) is 13.8 Å². The first-order chi connectivity index (χ1) is 5.31. The molecule has 0 N–H and O–H groups in total. The lowest BCUT2D eigenvalue weighted by Gasteiger charge is -1.99. The van der Waals surface area contributed by atoms with E-state index in [-0.39, 0.29) is 12.6 Å². The molecule has 0 amide bonds. The van der Waals surface area contributed by atoms with E-state index in [1.54, 1.807) is 6.92 Å². The van der Waals surface area contributed by atoms with Crippen LogP contribution in [0.1, 0.15) is 13.8 Å². The molecule has 0 aliphatic heterocycles. The minimum Gasteiger partial charge on any atom is -0.464 e. The lowest BCUT2D eigenvalue weighted by molar-refractivity contribution is -0.148. The van der Waals surface area contributed by atoms with Gasteiger partial charge in [-0.2, -0.15) is 0 Å². The van der Waals surface area contributed by atoms with Gasteiger partial charge in [0.25, 0.3) is 0 Å². The molecule has 0 spiro atoms. The molecule has 0 bridgehead atoms. The van der Waals surface area contributed by atoms with Crippen molar-refractivity contribution in [1.29, 1.82) is 5.26 Å². The molecule has 64 valence electrons. The first kappa shape index (κ1) is 12.6. The summed E-state index contributed by atoms with van der Waals surface area (Å²) < 4.78 is 9.35. The highest BCUT2D eigenvalue weighted by Gasteiger charge is 1.97.